The molecule has 2 amide bonds. The van der Waals surface area contributed by atoms with Crippen LogP contribution in [0.2, 0.25) is 0 Å². The van der Waals surface area contributed by atoms with Gasteiger partial charge < -0.3 is 10.2 Å². The summed E-state index contributed by atoms with van der Waals surface area (Å²) < 4.78 is 0. The van der Waals surface area contributed by atoms with Crippen molar-refractivity contribution in [2.24, 2.45) is 0 Å². The van der Waals surface area contributed by atoms with Gasteiger partial charge in [-0.15, -0.1) is 6.58 Å². The van der Waals surface area contributed by atoms with Crippen LogP contribution in [-0.4, -0.2) is 29.3 Å². The first-order valence-electron chi connectivity index (χ1n) is 6.84. The quantitative estimate of drug-likeness (QED) is 0.850. The van der Waals surface area contributed by atoms with Gasteiger partial charge in [-0.05, 0) is 18.9 Å². The SMILES string of the molecule is C=CCN1C(=O)C(C)(c2ccccc2)NC(=O)C1CC. The van der Waals surface area contributed by atoms with Crippen LogP contribution in [0, 0.1) is 0 Å². The molecule has 0 radical (unpaired) electrons. The van der Waals surface area contributed by atoms with Crippen molar-refractivity contribution in [1.82, 2.24) is 10.2 Å². The minimum absolute atomic E-state index is 0.0879. The zero-order valence-corrected chi connectivity index (χ0v) is 11.9. The predicted molar refractivity (Wildman–Crippen MR) is 77.9 cm³/mol. The largest absolute Gasteiger partial charge is 0.336 e. The van der Waals surface area contributed by atoms with E-state index < -0.39 is 11.6 Å². The Kier molecular flexibility index (Phi) is 3.93. The monoisotopic (exact) mass is 272 g/mol. The highest BCUT2D eigenvalue weighted by atomic mass is 16.2. The van der Waals surface area contributed by atoms with Crippen molar-refractivity contribution in [3.8, 4) is 0 Å². The van der Waals surface area contributed by atoms with Gasteiger partial charge in [0, 0.05) is 6.54 Å². The Labute approximate surface area is 119 Å². The minimum Gasteiger partial charge on any atom is -0.336 e. The van der Waals surface area contributed by atoms with Gasteiger partial charge in [0.25, 0.3) is 5.91 Å². The van der Waals surface area contributed by atoms with Crippen LogP contribution in [0.25, 0.3) is 0 Å². The lowest BCUT2D eigenvalue weighted by Crippen LogP contribution is -2.67. The predicted octanol–water partition coefficient (Wildman–Crippen LogP) is 1.82. The van der Waals surface area contributed by atoms with E-state index in [1.54, 1.807) is 17.9 Å². The molecule has 1 N–H and O–H groups in total. The summed E-state index contributed by atoms with van der Waals surface area (Å²) in [6.07, 6.45) is 2.25. The molecule has 1 fully saturated rings. The number of carbonyl (C=O) groups excluding carboxylic acids is 2. The van der Waals surface area contributed by atoms with E-state index in [2.05, 4.69) is 11.9 Å². The molecule has 106 valence electrons. The number of nitrogens with one attached hydrogen (secondary N) is 1. The second kappa shape index (κ2) is 5.49. The van der Waals surface area contributed by atoms with Crippen LogP contribution >= 0.6 is 0 Å². The number of nitrogens with zero attached hydrogens (tertiary/aromatic N) is 1. The van der Waals surface area contributed by atoms with E-state index in [4.69, 9.17) is 0 Å². The van der Waals surface area contributed by atoms with Crippen LogP contribution in [-0.2, 0) is 15.1 Å². The minimum atomic E-state index is -1.01. The van der Waals surface area contributed by atoms with Crippen molar-refractivity contribution in [2.75, 3.05) is 6.54 Å². The van der Waals surface area contributed by atoms with E-state index in [9.17, 15) is 9.59 Å². The van der Waals surface area contributed by atoms with E-state index in [0.717, 1.165) is 5.56 Å². The summed E-state index contributed by atoms with van der Waals surface area (Å²) in [5.74, 6) is -0.199. The first kappa shape index (κ1) is 14.3. The molecule has 4 nitrogen and oxygen atoms in total. The van der Waals surface area contributed by atoms with Crippen molar-refractivity contribution >= 4 is 11.8 Å². The third kappa shape index (κ3) is 2.22. The zero-order valence-electron chi connectivity index (χ0n) is 11.9. The molecule has 0 saturated carbocycles. The smallest absolute Gasteiger partial charge is 0.253 e. The third-order valence-electron chi connectivity index (χ3n) is 3.80. The number of carbonyl (C=O) groups is 2. The molecular formula is C16H20N2O2. The number of benzene rings is 1. The molecule has 4 heteroatoms. The van der Waals surface area contributed by atoms with Gasteiger partial charge in [0.1, 0.15) is 11.6 Å². The Morgan fingerprint density at radius 1 is 1.35 bits per heavy atom. The Balaban J connectivity index is 2.43. The standard InChI is InChI=1S/C16H20N2O2/c1-4-11-18-13(5-2)14(19)17-16(3,15(18)20)12-9-7-6-8-10-12/h4,6-10,13H,1,5,11H2,2-3H3,(H,17,19). The summed E-state index contributed by atoms with van der Waals surface area (Å²) in [4.78, 5) is 26.7. The molecular weight excluding hydrogens is 252 g/mol. The van der Waals surface area contributed by atoms with Crippen molar-refractivity contribution < 1.29 is 9.59 Å². The summed E-state index contributed by atoms with van der Waals surface area (Å²) >= 11 is 0. The molecule has 2 atom stereocenters. The Bertz CT molecular complexity index is 527. The van der Waals surface area contributed by atoms with E-state index >= 15 is 0 Å². The number of amides is 2. The highest BCUT2D eigenvalue weighted by Gasteiger charge is 2.47. The Hall–Kier alpha value is -2.10. The van der Waals surface area contributed by atoms with Crippen LogP contribution in [0.1, 0.15) is 25.8 Å². The van der Waals surface area contributed by atoms with Crippen molar-refractivity contribution in [2.45, 2.75) is 31.8 Å². The fraction of sp³-hybridized carbons (Fsp3) is 0.375. The van der Waals surface area contributed by atoms with E-state index in [0.29, 0.717) is 13.0 Å². The molecule has 1 aliphatic heterocycles. The number of hydrogen-bond acceptors (Lipinski definition) is 2. The van der Waals surface area contributed by atoms with Gasteiger partial charge in [0.2, 0.25) is 5.91 Å². The van der Waals surface area contributed by atoms with Gasteiger partial charge in [-0.3, -0.25) is 9.59 Å². The Morgan fingerprint density at radius 2 is 2.00 bits per heavy atom. The second-order valence-corrected chi connectivity index (χ2v) is 5.15. The van der Waals surface area contributed by atoms with Crippen molar-refractivity contribution in [3.63, 3.8) is 0 Å². The summed E-state index contributed by atoms with van der Waals surface area (Å²) in [5, 5.41) is 2.88. The lowest BCUT2D eigenvalue weighted by molar-refractivity contribution is -0.154. The van der Waals surface area contributed by atoms with E-state index in [-0.39, 0.29) is 11.8 Å². The van der Waals surface area contributed by atoms with Gasteiger partial charge in [-0.2, -0.15) is 0 Å². The molecule has 20 heavy (non-hydrogen) atoms. The highest BCUT2D eigenvalue weighted by molar-refractivity contribution is 6.00. The molecule has 2 unspecified atom stereocenters. The van der Waals surface area contributed by atoms with Crippen LogP contribution in [0.15, 0.2) is 43.0 Å². The molecule has 1 aromatic rings. The maximum atomic E-state index is 12.8. The Morgan fingerprint density at radius 3 is 2.55 bits per heavy atom. The molecule has 1 aromatic carbocycles. The first-order valence-corrected chi connectivity index (χ1v) is 6.84. The molecule has 1 heterocycles. The number of piperazine rings is 1. The van der Waals surface area contributed by atoms with Crippen LogP contribution in [0.4, 0.5) is 0 Å². The lowest BCUT2D eigenvalue weighted by atomic mass is 9.86. The summed E-state index contributed by atoms with van der Waals surface area (Å²) in [7, 11) is 0. The average Bonchev–Trinajstić information content (AvgIpc) is 2.46. The first-order chi connectivity index (χ1) is 9.54. The topological polar surface area (TPSA) is 49.4 Å². The average molecular weight is 272 g/mol. The molecule has 1 aliphatic rings. The lowest BCUT2D eigenvalue weighted by Gasteiger charge is -2.44. The normalized spacial score (nSPS) is 26.3. The number of rotatable bonds is 4. The highest BCUT2D eigenvalue weighted by Crippen LogP contribution is 2.29. The van der Waals surface area contributed by atoms with Crippen LogP contribution in [0.3, 0.4) is 0 Å². The molecule has 2 rings (SSSR count). The van der Waals surface area contributed by atoms with Gasteiger partial charge in [-0.1, -0.05) is 43.3 Å². The third-order valence-corrected chi connectivity index (χ3v) is 3.80. The molecule has 0 spiro atoms. The molecule has 0 bridgehead atoms. The molecule has 1 saturated heterocycles. The fourth-order valence-electron chi connectivity index (χ4n) is 2.68. The van der Waals surface area contributed by atoms with Gasteiger partial charge in [0.05, 0.1) is 0 Å². The maximum absolute atomic E-state index is 12.8. The van der Waals surface area contributed by atoms with E-state index in [1.807, 2.05) is 37.3 Å². The summed E-state index contributed by atoms with van der Waals surface area (Å²) in [6.45, 7) is 7.72. The van der Waals surface area contributed by atoms with Gasteiger partial charge in [-0.25, -0.2) is 0 Å². The van der Waals surface area contributed by atoms with Gasteiger partial charge in [0.15, 0.2) is 0 Å². The maximum Gasteiger partial charge on any atom is 0.253 e. The number of hydrogen-bond donors (Lipinski definition) is 1. The van der Waals surface area contributed by atoms with Gasteiger partial charge >= 0.3 is 0 Å². The summed E-state index contributed by atoms with van der Waals surface area (Å²) in [5.41, 5.74) is -0.213. The second-order valence-electron chi connectivity index (χ2n) is 5.15. The van der Waals surface area contributed by atoms with Crippen LogP contribution < -0.4 is 5.32 Å². The van der Waals surface area contributed by atoms with E-state index in [1.165, 1.54) is 0 Å². The van der Waals surface area contributed by atoms with Crippen molar-refractivity contribution in [1.29, 1.82) is 0 Å². The molecule has 0 aromatic heterocycles. The zero-order chi connectivity index (χ0) is 14.8. The fourth-order valence-corrected chi connectivity index (χ4v) is 2.68. The molecule has 0 aliphatic carbocycles. The van der Waals surface area contributed by atoms with Crippen LogP contribution in [0.5, 0.6) is 0 Å². The summed E-state index contributed by atoms with van der Waals surface area (Å²) in [6, 6.07) is 8.91. The van der Waals surface area contributed by atoms with Crippen molar-refractivity contribution in [3.05, 3.63) is 48.6 Å².